The highest BCUT2D eigenvalue weighted by atomic mass is 16.2. The Balaban J connectivity index is 1.29. The second kappa shape index (κ2) is 10.7. The highest BCUT2D eigenvalue weighted by Gasteiger charge is 2.28. The molecule has 3 heterocycles. The molecule has 2 aliphatic heterocycles. The Morgan fingerprint density at radius 3 is 2.45 bits per heavy atom. The molecule has 31 heavy (non-hydrogen) atoms. The Hall–Kier alpha value is -2.44. The summed E-state index contributed by atoms with van der Waals surface area (Å²) >= 11 is 0. The number of aromatic nitrogens is 1. The number of amides is 1. The third-order valence-electron chi connectivity index (χ3n) is 6.65. The Bertz CT molecular complexity index is 799. The number of anilines is 1. The summed E-state index contributed by atoms with van der Waals surface area (Å²) in [5.74, 6) is 0.102. The molecule has 6 heteroatoms. The number of carbonyl (C=O) groups is 1. The normalized spacial score (nSPS) is 19.3. The van der Waals surface area contributed by atoms with Gasteiger partial charge in [-0.3, -0.25) is 9.78 Å². The van der Waals surface area contributed by atoms with Crippen molar-refractivity contribution in [1.82, 2.24) is 20.1 Å². The number of hydrogen-bond acceptors (Lipinski definition) is 5. The predicted octanol–water partition coefficient (Wildman–Crippen LogP) is 2.76. The van der Waals surface area contributed by atoms with Crippen LogP contribution in [0, 0.1) is 0 Å². The Kier molecular flexibility index (Phi) is 7.54. The van der Waals surface area contributed by atoms with Gasteiger partial charge in [-0.15, -0.1) is 0 Å². The number of nitrogens with one attached hydrogen (secondary N) is 1. The van der Waals surface area contributed by atoms with Gasteiger partial charge in [-0.1, -0.05) is 24.3 Å². The first-order chi connectivity index (χ1) is 15.2. The standard InChI is InChI=1S/C25H35N5O/c1-28-14-11-24(12-15-28)29-16-9-22(10-17-29)27-25(31)20-30(23-7-3-2-4-8-23)19-21-6-5-13-26-18-21/h2-8,13,18,22,24H,9-12,14-17,19-20H2,1H3,(H,27,31). The largest absolute Gasteiger partial charge is 0.358 e. The number of hydrogen-bond donors (Lipinski definition) is 1. The van der Waals surface area contributed by atoms with Crippen molar-refractivity contribution in [2.24, 2.45) is 0 Å². The van der Waals surface area contributed by atoms with Crippen molar-refractivity contribution >= 4 is 11.6 Å². The van der Waals surface area contributed by atoms with E-state index >= 15 is 0 Å². The molecular weight excluding hydrogens is 386 g/mol. The zero-order valence-corrected chi connectivity index (χ0v) is 18.6. The van der Waals surface area contributed by atoms with Crippen LogP contribution in [0.5, 0.6) is 0 Å². The molecule has 4 rings (SSSR count). The van der Waals surface area contributed by atoms with Crippen LogP contribution in [0.2, 0.25) is 0 Å². The molecule has 0 unspecified atom stereocenters. The molecule has 1 amide bonds. The summed E-state index contributed by atoms with van der Waals surface area (Å²) in [6, 6.07) is 15.2. The fourth-order valence-corrected chi connectivity index (χ4v) is 4.81. The number of likely N-dealkylation sites (tertiary alicyclic amines) is 2. The molecule has 0 spiro atoms. The van der Waals surface area contributed by atoms with Crippen molar-refractivity contribution in [3.8, 4) is 0 Å². The first-order valence-corrected chi connectivity index (χ1v) is 11.6. The third-order valence-corrected chi connectivity index (χ3v) is 6.65. The second-order valence-electron chi connectivity index (χ2n) is 8.97. The highest BCUT2D eigenvalue weighted by Crippen LogP contribution is 2.21. The molecule has 2 saturated heterocycles. The van der Waals surface area contributed by atoms with Crippen LogP contribution in [-0.2, 0) is 11.3 Å². The second-order valence-corrected chi connectivity index (χ2v) is 8.97. The Labute approximate surface area is 186 Å². The van der Waals surface area contributed by atoms with Crippen molar-refractivity contribution in [3.63, 3.8) is 0 Å². The van der Waals surface area contributed by atoms with Crippen molar-refractivity contribution in [2.75, 3.05) is 44.7 Å². The molecule has 0 atom stereocenters. The molecule has 0 radical (unpaired) electrons. The average molecular weight is 422 g/mol. The number of rotatable bonds is 7. The maximum atomic E-state index is 12.9. The lowest BCUT2D eigenvalue weighted by atomic mass is 9.98. The van der Waals surface area contributed by atoms with Gasteiger partial charge in [0, 0.05) is 49.8 Å². The number of pyridine rings is 1. The SMILES string of the molecule is CN1CCC(N2CCC(NC(=O)CN(Cc3cccnc3)c3ccccc3)CC2)CC1. The number of benzene rings is 1. The fourth-order valence-electron chi connectivity index (χ4n) is 4.81. The maximum Gasteiger partial charge on any atom is 0.239 e. The van der Waals surface area contributed by atoms with E-state index in [1.165, 1.54) is 25.9 Å². The number of nitrogens with zero attached hydrogens (tertiary/aromatic N) is 4. The first-order valence-electron chi connectivity index (χ1n) is 11.6. The minimum Gasteiger partial charge on any atom is -0.358 e. The molecule has 0 saturated carbocycles. The van der Waals surface area contributed by atoms with Gasteiger partial charge < -0.3 is 20.0 Å². The van der Waals surface area contributed by atoms with Gasteiger partial charge in [0.15, 0.2) is 0 Å². The fraction of sp³-hybridized carbons (Fsp3) is 0.520. The van der Waals surface area contributed by atoms with Crippen molar-refractivity contribution in [1.29, 1.82) is 0 Å². The van der Waals surface area contributed by atoms with Gasteiger partial charge in [0.2, 0.25) is 5.91 Å². The van der Waals surface area contributed by atoms with Gasteiger partial charge in [-0.25, -0.2) is 0 Å². The summed E-state index contributed by atoms with van der Waals surface area (Å²) in [5.41, 5.74) is 2.16. The first kappa shape index (κ1) is 21.8. The van der Waals surface area contributed by atoms with Gasteiger partial charge in [0.1, 0.15) is 0 Å². The van der Waals surface area contributed by atoms with Crippen LogP contribution >= 0.6 is 0 Å². The van der Waals surface area contributed by atoms with Gasteiger partial charge in [0.05, 0.1) is 6.54 Å². The highest BCUT2D eigenvalue weighted by molar-refractivity contribution is 5.81. The smallest absolute Gasteiger partial charge is 0.239 e. The molecule has 1 aromatic carbocycles. The van der Waals surface area contributed by atoms with Gasteiger partial charge in [-0.2, -0.15) is 0 Å². The van der Waals surface area contributed by atoms with Crippen LogP contribution in [-0.4, -0.2) is 72.5 Å². The average Bonchev–Trinajstić information content (AvgIpc) is 2.81. The van der Waals surface area contributed by atoms with E-state index in [2.05, 4.69) is 50.2 Å². The summed E-state index contributed by atoms with van der Waals surface area (Å²) in [5, 5.41) is 3.30. The summed E-state index contributed by atoms with van der Waals surface area (Å²) < 4.78 is 0. The van der Waals surface area contributed by atoms with Gasteiger partial charge in [0.25, 0.3) is 0 Å². The topological polar surface area (TPSA) is 51.7 Å². The van der Waals surface area contributed by atoms with Crippen molar-refractivity contribution in [2.45, 2.75) is 44.3 Å². The monoisotopic (exact) mass is 421 g/mol. The number of piperidine rings is 2. The molecule has 1 aromatic heterocycles. The van der Waals surface area contributed by atoms with E-state index in [1.54, 1.807) is 6.20 Å². The Morgan fingerprint density at radius 1 is 1.03 bits per heavy atom. The van der Waals surface area contributed by atoms with E-state index in [0.29, 0.717) is 13.1 Å². The lowest BCUT2D eigenvalue weighted by Gasteiger charge is -2.41. The van der Waals surface area contributed by atoms with Crippen LogP contribution < -0.4 is 10.2 Å². The van der Waals surface area contributed by atoms with E-state index in [9.17, 15) is 4.79 Å². The molecule has 2 fully saturated rings. The number of para-hydroxylation sites is 1. The van der Waals surface area contributed by atoms with Crippen LogP contribution in [0.25, 0.3) is 0 Å². The molecule has 0 bridgehead atoms. The minimum atomic E-state index is 0.102. The molecular formula is C25H35N5O. The van der Waals surface area contributed by atoms with Gasteiger partial charge >= 0.3 is 0 Å². The third kappa shape index (κ3) is 6.28. The molecule has 2 aromatic rings. The Morgan fingerprint density at radius 2 is 1.77 bits per heavy atom. The summed E-state index contributed by atoms with van der Waals surface area (Å²) in [4.78, 5) is 24.3. The predicted molar refractivity (Wildman–Crippen MR) is 125 cm³/mol. The summed E-state index contributed by atoms with van der Waals surface area (Å²) in [6.45, 7) is 5.62. The summed E-state index contributed by atoms with van der Waals surface area (Å²) in [7, 11) is 2.21. The summed E-state index contributed by atoms with van der Waals surface area (Å²) in [6.07, 6.45) is 8.29. The molecule has 6 nitrogen and oxygen atoms in total. The van der Waals surface area contributed by atoms with E-state index in [0.717, 1.165) is 43.2 Å². The van der Waals surface area contributed by atoms with Crippen LogP contribution in [0.4, 0.5) is 5.69 Å². The quantitative estimate of drug-likeness (QED) is 0.745. The molecule has 0 aliphatic carbocycles. The van der Waals surface area contributed by atoms with E-state index in [-0.39, 0.29) is 11.9 Å². The van der Waals surface area contributed by atoms with E-state index in [4.69, 9.17) is 0 Å². The van der Waals surface area contributed by atoms with Crippen molar-refractivity contribution in [3.05, 3.63) is 60.4 Å². The lowest BCUT2D eigenvalue weighted by molar-refractivity contribution is -0.120. The van der Waals surface area contributed by atoms with Crippen LogP contribution in [0.15, 0.2) is 54.9 Å². The molecule has 166 valence electrons. The lowest BCUT2D eigenvalue weighted by Crippen LogP contribution is -2.51. The minimum absolute atomic E-state index is 0.102. The van der Waals surface area contributed by atoms with Gasteiger partial charge in [-0.05, 0) is 69.6 Å². The van der Waals surface area contributed by atoms with E-state index in [1.807, 2.05) is 30.5 Å². The molecule has 2 aliphatic rings. The molecule has 1 N–H and O–H groups in total. The maximum absolute atomic E-state index is 12.9. The van der Waals surface area contributed by atoms with Crippen LogP contribution in [0.1, 0.15) is 31.2 Å². The zero-order valence-electron chi connectivity index (χ0n) is 18.6. The zero-order chi connectivity index (χ0) is 21.5. The van der Waals surface area contributed by atoms with E-state index < -0.39 is 0 Å². The van der Waals surface area contributed by atoms with Crippen LogP contribution in [0.3, 0.4) is 0 Å². The van der Waals surface area contributed by atoms with Crippen molar-refractivity contribution < 1.29 is 4.79 Å². The number of carbonyl (C=O) groups excluding carboxylic acids is 1.